The first-order valence-electron chi connectivity index (χ1n) is 8.72. The van der Waals surface area contributed by atoms with Crippen LogP contribution in [0.3, 0.4) is 0 Å². The Morgan fingerprint density at radius 3 is 2.46 bits per heavy atom. The highest BCUT2D eigenvalue weighted by Crippen LogP contribution is 2.15. The summed E-state index contributed by atoms with van der Waals surface area (Å²) in [5, 5.41) is 15.2. The number of carbonyl (C=O) groups excluding carboxylic acids is 2. The number of rotatable bonds is 8. The normalized spacial score (nSPS) is 10.4. The lowest BCUT2D eigenvalue weighted by Gasteiger charge is -2.12. The van der Waals surface area contributed by atoms with Crippen molar-refractivity contribution >= 4 is 23.5 Å². The average molecular weight is 387 g/mol. The SMILES string of the molecule is CCOC(=O)c1nn(-c2ccc(C)cc2)c(=O)cc1NC(=O)CCCC(=O)O. The first kappa shape index (κ1) is 20.8. The average Bonchev–Trinajstić information content (AvgIpc) is 2.62. The van der Waals surface area contributed by atoms with Crippen LogP contribution in [-0.2, 0) is 14.3 Å². The predicted octanol–water partition coefficient (Wildman–Crippen LogP) is 1.91. The van der Waals surface area contributed by atoms with Gasteiger partial charge in [-0.2, -0.15) is 9.78 Å². The molecule has 0 aliphatic heterocycles. The molecule has 1 amide bonds. The molecule has 0 saturated carbocycles. The van der Waals surface area contributed by atoms with Gasteiger partial charge < -0.3 is 15.2 Å². The molecule has 0 unspecified atom stereocenters. The zero-order valence-electron chi connectivity index (χ0n) is 15.6. The van der Waals surface area contributed by atoms with Crippen LogP contribution in [0.25, 0.3) is 5.69 Å². The van der Waals surface area contributed by atoms with Gasteiger partial charge in [0.2, 0.25) is 5.91 Å². The summed E-state index contributed by atoms with van der Waals surface area (Å²) in [6.45, 7) is 3.61. The number of carbonyl (C=O) groups is 3. The van der Waals surface area contributed by atoms with E-state index in [1.807, 2.05) is 6.92 Å². The van der Waals surface area contributed by atoms with Gasteiger partial charge in [-0.25, -0.2) is 4.79 Å². The summed E-state index contributed by atoms with van der Waals surface area (Å²) in [5.74, 6) is -2.33. The third-order valence-electron chi connectivity index (χ3n) is 3.75. The lowest BCUT2D eigenvalue weighted by Crippen LogP contribution is -2.27. The summed E-state index contributed by atoms with van der Waals surface area (Å²) in [7, 11) is 0. The molecule has 148 valence electrons. The molecule has 0 atom stereocenters. The van der Waals surface area contributed by atoms with Gasteiger partial charge in [0.25, 0.3) is 5.56 Å². The topological polar surface area (TPSA) is 128 Å². The highest BCUT2D eigenvalue weighted by Gasteiger charge is 2.20. The molecule has 28 heavy (non-hydrogen) atoms. The second-order valence-corrected chi connectivity index (χ2v) is 6.01. The molecular weight excluding hydrogens is 366 g/mol. The molecule has 9 heteroatoms. The molecule has 2 rings (SSSR count). The van der Waals surface area contributed by atoms with E-state index in [0.717, 1.165) is 16.3 Å². The summed E-state index contributed by atoms with van der Waals surface area (Å²) in [5.41, 5.74) is 0.617. The van der Waals surface area contributed by atoms with E-state index in [0.29, 0.717) is 5.69 Å². The van der Waals surface area contributed by atoms with Crippen molar-refractivity contribution < 1.29 is 24.2 Å². The maximum atomic E-state index is 12.5. The number of benzene rings is 1. The van der Waals surface area contributed by atoms with Crippen LogP contribution in [-0.4, -0.2) is 39.3 Å². The van der Waals surface area contributed by atoms with Crippen molar-refractivity contribution in [1.29, 1.82) is 0 Å². The number of nitrogens with one attached hydrogen (secondary N) is 1. The van der Waals surface area contributed by atoms with Crippen LogP contribution in [0.2, 0.25) is 0 Å². The van der Waals surface area contributed by atoms with Crippen molar-refractivity contribution in [1.82, 2.24) is 9.78 Å². The number of aryl methyl sites for hydroxylation is 1. The Kier molecular flexibility index (Phi) is 7.02. The molecule has 0 spiro atoms. The van der Waals surface area contributed by atoms with E-state index >= 15 is 0 Å². The Morgan fingerprint density at radius 1 is 1.18 bits per heavy atom. The number of aliphatic carboxylic acids is 1. The predicted molar refractivity (Wildman–Crippen MR) is 101 cm³/mol. The van der Waals surface area contributed by atoms with Gasteiger partial charge >= 0.3 is 11.9 Å². The van der Waals surface area contributed by atoms with E-state index < -0.39 is 23.4 Å². The standard InChI is InChI=1S/C19H21N3O6/c1-3-28-19(27)18-14(20-15(23)5-4-6-17(25)26)11-16(24)22(21-18)13-9-7-12(2)8-10-13/h7-11H,3-6H2,1-2H3,(H,20,23)(H,25,26). The second kappa shape index (κ2) is 9.45. The van der Waals surface area contributed by atoms with Gasteiger partial charge in [0.15, 0.2) is 5.69 Å². The molecule has 9 nitrogen and oxygen atoms in total. The zero-order valence-corrected chi connectivity index (χ0v) is 15.6. The molecule has 0 saturated heterocycles. The minimum Gasteiger partial charge on any atom is -0.481 e. The summed E-state index contributed by atoms with van der Waals surface area (Å²) < 4.78 is 6.01. The molecule has 2 N–H and O–H groups in total. The van der Waals surface area contributed by atoms with Crippen LogP contribution in [0, 0.1) is 6.92 Å². The number of aromatic nitrogens is 2. The fourth-order valence-electron chi connectivity index (χ4n) is 2.39. The first-order valence-corrected chi connectivity index (χ1v) is 8.72. The molecule has 0 aliphatic carbocycles. The molecule has 0 aliphatic rings. The summed E-state index contributed by atoms with van der Waals surface area (Å²) in [4.78, 5) is 47.3. The van der Waals surface area contributed by atoms with Crippen LogP contribution in [0.1, 0.15) is 42.2 Å². The Bertz CT molecular complexity index is 934. The van der Waals surface area contributed by atoms with E-state index in [1.54, 1.807) is 31.2 Å². The van der Waals surface area contributed by atoms with E-state index in [1.165, 1.54) is 0 Å². The smallest absolute Gasteiger partial charge is 0.360 e. The second-order valence-electron chi connectivity index (χ2n) is 6.01. The van der Waals surface area contributed by atoms with Crippen LogP contribution in [0.4, 0.5) is 5.69 Å². The molecule has 0 radical (unpaired) electrons. The van der Waals surface area contributed by atoms with Gasteiger partial charge in [0, 0.05) is 18.9 Å². The fraction of sp³-hybridized carbons (Fsp3) is 0.316. The monoisotopic (exact) mass is 387 g/mol. The maximum absolute atomic E-state index is 12.5. The van der Waals surface area contributed by atoms with Crippen LogP contribution in [0.5, 0.6) is 0 Å². The number of carboxylic acid groups (broad SMARTS) is 1. The third kappa shape index (κ3) is 5.50. The van der Waals surface area contributed by atoms with Crippen molar-refractivity contribution in [3.8, 4) is 5.69 Å². The molecule has 0 fully saturated rings. The van der Waals surface area contributed by atoms with E-state index in [9.17, 15) is 19.2 Å². The van der Waals surface area contributed by atoms with Crippen LogP contribution < -0.4 is 10.9 Å². The molecule has 1 aromatic carbocycles. The molecule has 2 aromatic rings. The quantitative estimate of drug-likeness (QED) is 0.662. The van der Waals surface area contributed by atoms with Crippen molar-refractivity contribution in [2.75, 3.05) is 11.9 Å². The molecule has 1 aromatic heterocycles. The molecule has 1 heterocycles. The number of nitrogens with zero attached hydrogens (tertiary/aromatic N) is 2. The van der Waals surface area contributed by atoms with Crippen LogP contribution >= 0.6 is 0 Å². The lowest BCUT2D eigenvalue weighted by atomic mass is 10.2. The van der Waals surface area contributed by atoms with Gasteiger partial charge in [-0.05, 0) is 32.4 Å². The summed E-state index contributed by atoms with van der Waals surface area (Å²) >= 11 is 0. The van der Waals surface area contributed by atoms with E-state index in [4.69, 9.17) is 9.84 Å². The number of ether oxygens (including phenoxy) is 1. The number of esters is 1. The fourth-order valence-corrected chi connectivity index (χ4v) is 2.39. The Labute approximate surface area is 160 Å². The van der Waals surface area contributed by atoms with Crippen LogP contribution in [0.15, 0.2) is 35.1 Å². The Morgan fingerprint density at radius 2 is 1.86 bits per heavy atom. The number of hydrogen-bond acceptors (Lipinski definition) is 6. The summed E-state index contributed by atoms with van der Waals surface area (Å²) in [6, 6.07) is 8.05. The van der Waals surface area contributed by atoms with Gasteiger partial charge in [0.1, 0.15) is 0 Å². The van der Waals surface area contributed by atoms with Gasteiger partial charge in [-0.3, -0.25) is 14.4 Å². The Hall–Kier alpha value is -3.49. The van der Waals surface area contributed by atoms with Gasteiger partial charge in [-0.1, -0.05) is 17.7 Å². The van der Waals surface area contributed by atoms with Crippen molar-refractivity contribution in [2.45, 2.75) is 33.1 Å². The zero-order chi connectivity index (χ0) is 20.7. The Balaban J connectivity index is 2.36. The molecular formula is C19H21N3O6. The number of amides is 1. The minimum absolute atomic E-state index is 0.0738. The largest absolute Gasteiger partial charge is 0.481 e. The van der Waals surface area contributed by atoms with Gasteiger partial charge in [-0.15, -0.1) is 0 Å². The maximum Gasteiger partial charge on any atom is 0.360 e. The summed E-state index contributed by atoms with van der Waals surface area (Å²) in [6.07, 6.45) is -0.106. The van der Waals surface area contributed by atoms with Crippen molar-refractivity contribution in [3.63, 3.8) is 0 Å². The minimum atomic E-state index is -1.01. The number of carboxylic acids is 1. The van der Waals surface area contributed by atoms with Gasteiger partial charge in [0.05, 0.1) is 18.0 Å². The number of anilines is 1. The first-order chi connectivity index (χ1) is 13.3. The molecule has 0 bridgehead atoms. The van der Waals surface area contributed by atoms with E-state index in [2.05, 4.69) is 10.4 Å². The van der Waals surface area contributed by atoms with E-state index in [-0.39, 0.29) is 37.3 Å². The highest BCUT2D eigenvalue weighted by molar-refractivity contribution is 5.99. The van der Waals surface area contributed by atoms with Crippen molar-refractivity contribution in [3.05, 3.63) is 51.9 Å². The highest BCUT2D eigenvalue weighted by atomic mass is 16.5. The van der Waals surface area contributed by atoms with Crippen molar-refractivity contribution in [2.24, 2.45) is 0 Å². The number of hydrogen-bond donors (Lipinski definition) is 2. The lowest BCUT2D eigenvalue weighted by molar-refractivity contribution is -0.137. The third-order valence-corrected chi connectivity index (χ3v) is 3.75.